The van der Waals surface area contributed by atoms with Gasteiger partial charge in [-0.3, -0.25) is 9.78 Å². The lowest BCUT2D eigenvalue weighted by Gasteiger charge is -2.09. The number of benzene rings is 1. The van der Waals surface area contributed by atoms with Crippen molar-refractivity contribution in [3.63, 3.8) is 0 Å². The summed E-state index contributed by atoms with van der Waals surface area (Å²) in [4.78, 5) is 15.2. The number of aromatic nitrogens is 1. The van der Waals surface area contributed by atoms with Crippen molar-refractivity contribution in [3.05, 3.63) is 41.3 Å². The van der Waals surface area contributed by atoms with E-state index in [9.17, 15) is 9.18 Å². The van der Waals surface area contributed by atoms with Crippen molar-refractivity contribution in [2.45, 2.75) is 19.8 Å². The Morgan fingerprint density at radius 2 is 2.12 bits per heavy atom. The largest absolute Gasteiger partial charge is 0.481 e. The van der Waals surface area contributed by atoms with Gasteiger partial charge in [0.1, 0.15) is 5.82 Å². The summed E-state index contributed by atoms with van der Waals surface area (Å²) in [5, 5.41) is 9.66. The molecule has 0 saturated carbocycles. The van der Waals surface area contributed by atoms with Crippen molar-refractivity contribution < 1.29 is 14.3 Å². The second-order valence-corrected chi connectivity index (χ2v) is 4.09. The first-order valence-corrected chi connectivity index (χ1v) is 5.28. The maximum absolute atomic E-state index is 13.1. The number of nitrogens with zero attached hydrogens (tertiary/aromatic N) is 1. The second-order valence-electron chi connectivity index (χ2n) is 4.09. The molecule has 88 valence electrons. The molecule has 1 N–H and O–H groups in total. The number of halogens is 1. The van der Waals surface area contributed by atoms with Crippen molar-refractivity contribution in [3.8, 4) is 0 Å². The van der Waals surface area contributed by atoms with E-state index in [2.05, 4.69) is 4.98 Å². The van der Waals surface area contributed by atoms with Crippen molar-refractivity contribution in [1.29, 1.82) is 0 Å². The average Bonchev–Trinajstić information content (AvgIpc) is 2.28. The molecule has 0 saturated heterocycles. The fraction of sp³-hybridized carbons (Fsp3) is 0.231. The number of carboxylic acids is 1. The summed E-state index contributed by atoms with van der Waals surface area (Å²) in [5.41, 5.74) is 1.95. The van der Waals surface area contributed by atoms with Crippen LogP contribution >= 0.6 is 0 Å². The van der Waals surface area contributed by atoms with Crippen LogP contribution in [0.1, 0.15) is 24.1 Å². The molecule has 1 aromatic carbocycles. The topological polar surface area (TPSA) is 50.2 Å². The summed E-state index contributed by atoms with van der Waals surface area (Å²) in [6.07, 6.45) is 0. The zero-order valence-electron chi connectivity index (χ0n) is 9.57. The number of carboxylic acid groups (broad SMARTS) is 1. The fourth-order valence-electron chi connectivity index (χ4n) is 1.74. The molecule has 0 aliphatic rings. The van der Waals surface area contributed by atoms with Crippen LogP contribution in [0.5, 0.6) is 0 Å². The Kier molecular flexibility index (Phi) is 2.79. The lowest BCUT2D eigenvalue weighted by Crippen LogP contribution is -2.09. The maximum Gasteiger partial charge on any atom is 0.312 e. The van der Waals surface area contributed by atoms with Crippen LogP contribution in [-0.2, 0) is 4.79 Å². The van der Waals surface area contributed by atoms with E-state index < -0.39 is 11.9 Å². The van der Waals surface area contributed by atoms with Crippen molar-refractivity contribution >= 4 is 16.9 Å². The number of hydrogen-bond donors (Lipinski definition) is 1. The molecule has 0 radical (unpaired) electrons. The van der Waals surface area contributed by atoms with Crippen LogP contribution in [0.4, 0.5) is 4.39 Å². The molecular formula is C13H12FNO2. The van der Waals surface area contributed by atoms with E-state index >= 15 is 0 Å². The van der Waals surface area contributed by atoms with Crippen LogP contribution in [0.2, 0.25) is 0 Å². The second kappa shape index (κ2) is 4.13. The minimum atomic E-state index is -0.918. The molecule has 0 aliphatic heterocycles. The summed E-state index contributed by atoms with van der Waals surface area (Å²) in [6, 6.07) is 5.99. The third-order valence-corrected chi connectivity index (χ3v) is 2.81. The highest BCUT2D eigenvalue weighted by atomic mass is 19.1. The Morgan fingerprint density at radius 1 is 1.41 bits per heavy atom. The number of carbonyl (C=O) groups is 1. The van der Waals surface area contributed by atoms with Gasteiger partial charge in [-0.05, 0) is 43.7 Å². The van der Waals surface area contributed by atoms with E-state index in [1.54, 1.807) is 19.1 Å². The first-order valence-electron chi connectivity index (χ1n) is 5.28. The molecule has 1 unspecified atom stereocenters. The van der Waals surface area contributed by atoms with E-state index in [1.807, 2.05) is 6.92 Å². The van der Waals surface area contributed by atoms with E-state index in [0.717, 1.165) is 5.56 Å². The molecule has 0 spiro atoms. The number of aryl methyl sites for hydroxylation is 1. The van der Waals surface area contributed by atoms with Gasteiger partial charge in [0, 0.05) is 5.39 Å². The minimum Gasteiger partial charge on any atom is -0.481 e. The minimum absolute atomic E-state index is 0.318. The van der Waals surface area contributed by atoms with Gasteiger partial charge < -0.3 is 5.11 Å². The van der Waals surface area contributed by atoms with Gasteiger partial charge >= 0.3 is 5.97 Å². The summed E-state index contributed by atoms with van der Waals surface area (Å²) in [7, 11) is 0. The molecule has 1 aromatic heterocycles. The van der Waals surface area contributed by atoms with Crippen LogP contribution in [0, 0.1) is 12.7 Å². The Bertz CT molecular complexity index is 595. The first kappa shape index (κ1) is 11.5. The fourth-order valence-corrected chi connectivity index (χ4v) is 1.74. The predicted octanol–water partition coefficient (Wildman–Crippen LogP) is 2.87. The van der Waals surface area contributed by atoms with Crippen LogP contribution < -0.4 is 0 Å². The molecule has 2 aromatic rings. The van der Waals surface area contributed by atoms with E-state index in [4.69, 9.17) is 5.11 Å². The molecule has 0 fully saturated rings. The first-order chi connectivity index (χ1) is 7.99. The van der Waals surface area contributed by atoms with E-state index in [1.165, 1.54) is 12.1 Å². The van der Waals surface area contributed by atoms with Gasteiger partial charge in [-0.1, -0.05) is 0 Å². The van der Waals surface area contributed by atoms with Crippen molar-refractivity contribution in [2.24, 2.45) is 0 Å². The number of hydrogen-bond acceptors (Lipinski definition) is 2. The standard InChI is InChI=1S/C13H12FNO2/c1-7-5-12(8(2)13(16)17)15-11-4-3-9(14)6-10(7)11/h3-6,8H,1-2H3,(H,16,17). The van der Waals surface area contributed by atoms with Crippen LogP contribution in [0.15, 0.2) is 24.3 Å². The zero-order chi connectivity index (χ0) is 12.6. The van der Waals surface area contributed by atoms with E-state index in [0.29, 0.717) is 16.6 Å². The van der Waals surface area contributed by atoms with Gasteiger partial charge in [0.2, 0.25) is 0 Å². The monoisotopic (exact) mass is 233 g/mol. The molecule has 3 nitrogen and oxygen atoms in total. The molecule has 1 heterocycles. The Labute approximate surface area is 97.9 Å². The Morgan fingerprint density at radius 3 is 2.76 bits per heavy atom. The van der Waals surface area contributed by atoms with Gasteiger partial charge in [-0.2, -0.15) is 0 Å². The lowest BCUT2D eigenvalue weighted by molar-refractivity contribution is -0.138. The summed E-state index contributed by atoms with van der Waals surface area (Å²) in [6.45, 7) is 3.40. The number of aliphatic carboxylic acids is 1. The maximum atomic E-state index is 13.1. The van der Waals surface area contributed by atoms with Crippen LogP contribution in [-0.4, -0.2) is 16.1 Å². The molecule has 1 atom stereocenters. The SMILES string of the molecule is Cc1cc(C(C)C(=O)O)nc2ccc(F)cc12. The Hall–Kier alpha value is -1.97. The van der Waals surface area contributed by atoms with Gasteiger partial charge in [0.15, 0.2) is 0 Å². The van der Waals surface area contributed by atoms with Crippen LogP contribution in [0.3, 0.4) is 0 Å². The quantitative estimate of drug-likeness (QED) is 0.867. The highest BCUT2D eigenvalue weighted by molar-refractivity contribution is 5.83. The third kappa shape index (κ3) is 2.11. The number of pyridine rings is 1. The zero-order valence-corrected chi connectivity index (χ0v) is 9.57. The van der Waals surface area contributed by atoms with Crippen molar-refractivity contribution in [2.75, 3.05) is 0 Å². The molecular weight excluding hydrogens is 221 g/mol. The number of fused-ring (bicyclic) bond motifs is 1. The molecule has 4 heteroatoms. The summed E-state index contributed by atoms with van der Waals surface area (Å²) < 4.78 is 13.1. The average molecular weight is 233 g/mol. The predicted molar refractivity (Wildman–Crippen MR) is 62.5 cm³/mol. The molecule has 0 aliphatic carbocycles. The summed E-state index contributed by atoms with van der Waals surface area (Å²) >= 11 is 0. The van der Waals surface area contributed by atoms with Crippen molar-refractivity contribution in [1.82, 2.24) is 4.98 Å². The molecule has 0 amide bonds. The highest BCUT2D eigenvalue weighted by Gasteiger charge is 2.16. The number of rotatable bonds is 2. The van der Waals surface area contributed by atoms with Gasteiger partial charge in [-0.15, -0.1) is 0 Å². The van der Waals surface area contributed by atoms with Crippen LogP contribution in [0.25, 0.3) is 10.9 Å². The third-order valence-electron chi connectivity index (χ3n) is 2.81. The highest BCUT2D eigenvalue weighted by Crippen LogP contribution is 2.22. The molecule has 17 heavy (non-hydrogen) atoms. The normalized spacial score (nSPS) is 12.6. The van der Waals surface area contributed by atoms with E-state index in [-0.39, 0.29) is 5.82 Å². The smallest absolute Gasteiger partial charge is 0.312 e. The Balaban J connectivity index is 2.63. The summed E-state index contributed by atoms with van der Waals surface area (Å²) in [5.74, 6) is -1.90. The molecule has 0 bridgehead atoms. The lowest BCUT2D eigenvalue weighted by atomic mass is 10.0. The van der Waals surface area contributed by atoms with Gasteiger partial charge in [0.05, 0.1) is 17.1 Å². The van der Waals surface area contributed by atoms with Gasteiger partial charge in [0.25, 0.3) is 0 Å². The molecule has 2 rings (SSSR count). The van der Waals surface area contributed by atoms with Gasteiger partial charge in [-0.25, -0.2) is 4.39 Å².